The average Bonchev–Trinajstić information content (AvgIpc) is 2.39. The summed E-state index contributed by atoms with van der Waals surface area (Å²) in [4.78, 5) is 0. The number of nitrogens with zero attached hydrogens (tertiary/aromatic N) is 1. The minimum atomic E-state index is 0.560. The molecule has 0 spiro atoms. The SMILES string of the molecule is Cc1cccc(C)c1COc1ccc(C#N)cc1. The number of aryl methyl sites for hydroxylation is 2. The second-order valence-electron chi connectivity index (χ2n) is 4.30. The van der Waals surface area contributed by atoms with Crippen LogP contribution < -0.4 is 4.74 Å². The molecular formula is C16H15NO. The molecule has 2 aromatic carbocycles. The zero-order valence-corrected chi connectivity index (χ0v) is 10.6. The molecule has 0 radical (unpaired) electrons. The van der Waals surface area contributed by atoms with Crippen molar-refractivity contribution >= 4 is 0 Å². The van der Waals surface area contributed by atoms with Gasteiger partial charge in [0.2, 0.25) is 0 Å². The van der Waals surface area contributed by atoms with E-state index in [1.807, 2.05) is 12.1 Å². The molecular weight excluding hydrogens is 222 g/mol. The van der Waals surface area contributed by atoms with Gasteiger partial charge in [0.25, 0.3) is 0 Å². The molecule has 0 amide bonds. The van der Waals surface area contributed by atoms with Gasteiger partial charge in [-0.15, -0.1) is 0 Å². The highest BCUT2D eigenvalue weighted by Gasteiger charge is 2.03. The quantitative estimate of drug-likeness (QED) is 0.814. The van der Waals surface area contributed by atoms with E-state index in [4.69, 9.17) is 10.00 Å². The van der Waals surface area contributed by atoms with Crippen molar-refractivity contribution in [3.05, 3.63) is 64.7 Å². The maximum atomic E-state index is 8.72. The molecule has 0 aliphatic carbocycles. The second-order valence-corrected chi connectivity index (χ2v) is 4.30. The number of ether oxygens (including phenoxy) is 1. The molecule has 90 valence electrons. The van der Waals surface area contributed by atoms with E-state index in [1.165, 1.54) is 16.7 Å². The normalized spacial score (nSPS) is 9.83. The van der Waals surface area contributed by atoms with Crippen LogP contribution in [-0.4, -0.2) is 0 Å². The molecule has 0 saturated carbocycles. The minimum absolute atomic E-state index is 0.560. The molecule has 0 unspecified atom stereocenters. The molecule has 0 aliphatic heterocycles. The van der Waals surface area contributed by atoms with Crippen LogP contribution in [0.3, 0.4) is 0 Å². The van der Waals surface area contributed by atoms with E-state index in [0.29, 0.717) is 12.2 Å². The summed E-state index contributed by atoms with van der Waals surface area (Å²) in [5, 5.41) is 8.72. The Bertz CT molecular complexity index is 559. The first-order chi connectivity index (χ1) is 8.70. The van der Waals surface area contributed by atoms with Crippen LogP contribution in [0.4, 0.5) is 0 Å². The Morgan fingerprint density at radius 1 is 1.00 bits per heavy atom. The van der Waals surface area contributed by atoms with Crippen LogP contribution in [0.2, 0.25) is 0 Å². The van der Waals surface area contributed by atoms with Crippen molar-refractivity contribution in [2.75, 3.05) is 0 Å². The van der Waals surface area contributed by atoms with Gasteiger partial charge in [-0.2, -0.15) is 5.26 Å². The Balaban J connectivity index is 2.09. The molecule has 0 fully saturated rings. The van der Waals surface area contributed by atoms with Gasteiger partial charge in [-0.1, -0.05) is 18.2 Å². The lowest BCUT2D eigenvalue weighted by molar-refractivity contribution is 0.304. The molecule has 0 saturated heterocycles. The second kappa shape index (κ2) is 5.37. The van der Waals surface area contributed by atoms with Crippen molar-refractivity contribution in [2.24, 2.45) is 0 Å². The minimum Gasteiger partial charge on any atom is -0.489 e. The van der Waals surface area contributed by atoms with Gasteiger partial charge in [-0.25, -0.2) is 0 Å². The monoisotopic (exact) mass is 237 g/mol. The highest BCUT2D eigenvalue weighted by Crippen LogP contribution is 2.18. The van der Waals surface area contributed by atoms with Crippen molar-refractivity contribution in [2.45, 2.75) is 20.5 Å². The predicted octanol–water partition coefficient (Wildman–Crippen LogP) is 3.75. The van der Waals surface area contributed by atoms with Crippen LogP contribution >= 0.6 is 0 Å². The summed E-state index contributed by atoms with van der Waals surface area (Å²) >= 11 is 0. The summed E-state index contributed by atoms with van der Waals surface area (Å²) in [7, 11) is 0. The molecule has 2 aromatic rings. The summed E-state index contributed by atoms with van der Waals surface area (Å²) in [6, 6.07) is 15.5. The van der Waals surface area contributed by atoms with Crippen molar-refractivity contribution < 1.29 is 4.74 Å². The molecule has 18 heavy (non-hydrogen) atoms. The summed E-state index contributed by atoms with van der Waals surface area (Å²) in [6.45, 7) is 4.74. The number of nitriles is 1. The highest BCUT2D eigenvalue weighted by atomic mass is 16.5. The smallest absolute Gasteiger partial charge is 0.119 e. The van der Waals surface area contributed by atoms with E-state index in [1.54, 1.807) is 12.1 Å². The van der Waals surface area contributed by atoms with Crippen molar-refractivity contribution in [3.63, 3.8) is 0 Å². The number of hydrogen-bond donors (Lipinski definition) is 0. The van der Waals surface area contributed by atoms with Crippen molar-refractivity contribution in [3.8, 4) is 11.8 Å². The van der Waals surface area contributed by atoms with Crippen LogP contribution in [0.1, 0.15) is 22.3 Å². The third-order valence-electron chi connectivity index (χ3n) is 3.01. The van der Waals surface area contributed by atoms with Gasteiger partial charge in [0.05, 0.1) is 11.6 Å². The molecule has 2 rings (SSSR count). The van der Waals surface area contributed by atoms with E-state index < -0.39 is 0 Å². The molecule has 2 nitrogen and oxygen atoms in total. The van der Waals surface area contributed by atoms with Crippen LogP contribution in [-0.2, 0) is 6.61 Å². The van der Waals surface area contributed by atoms with Crippen LogP contribution in [0.15, 0.2) is 42.5 Å². The lowest BCUT2D eigenvalue weighted by Gasteiger charge is -2.11. The summed E-state index contributed by atoms with van der Waals surface area (Å²) < 4.78 is 5.74. The Morgan fingerprint density at radius 3 is 2.17 bits per heavy atom. The fourth-order valence-electron chi connectivity index (χ4n) is 1.86. The van der Waals surface area contributed by atoms with Crippen LogP contribution in [0, 0.1) is 25.2 Å². The summed E-state index contributed by atoms with van der Waals surface area (Å²) in [5.74, 6) is 0.789. The molecule has 0 N–H and O–H groups in total. The highest BCUT2D eigenvalue weighted by molar-refractivity contribution is 5.36. The van der Waals surface area contributed by atoms with Gasteiger partial charge in [0.15, 0.2) is 0 Å². The Labute approximate surface area is 107 Å². The first-order valence-corrected chi connectivity index (χ1v) is 5.89. The van der Waals surface area contributed by atoms with Gasteiger partial charge in [0, 0.05) is 0 Å². The van der Waals surface area contributed by atoms with Gasteiger partial charge in [-0.3, -0.25) is 0 Å². The Kier molecular flexibility index (Phi) is 3.64. The van der Waals surface area contributed by atoms with Crippen molar-refractivity contribution in [1.29, 1.82) is 5.26 Å². The number of hydrogen-bond acceptors (Lipinski definition) is 2. The van der Waals surface area contributed by atoms with Gasteiger partial charge in [0.1, 0.15) is 12.4 Å². The average molecular weight is 237 g/mol. The van der Waals surface area contributed by atoms with Crippen LogP contribution in [0.25, 0.3) is 0 Å². The zero-order valence-electron chi connectivity index (χ0n) is 10.6. The molecule has 0 aromatic heterocycles. The topological polar surface area (TPSA) is 33.0 Å². The number of benzene rings is 2. The van der Waals surface area contributed by atoms with Gasteiger partial charge in [-0.05, 0) is 54.8 Å². The van der Waals surface area contributed by atoms with Gasteiger partial charge >= 0.3 is 0 Å². The maximum absolute atomic E-state index is 8.72. The number of rotatable bonds is 3. The van der Waals surface area contributed by atoms with Crippen LogP contribution in [0.5, 0.6) is 5.75 Å². The first-order valence-electron chi connectivity index (χ1n) is 5.89. The van der Waals surface area contributed by atoms with Gasteiger partial charge < -0.3 is 4.74 Å². The van der Waals surface area contributed by atoms with Crippen molar-refractivity contribution in [1.82, 2.24) is 0 Å². The lowest BCUT2D eigenvalue weighted by Crippen LogP contribution is -2.00. The third-order valence-corrected chi connectivity index (χ3v) is 3.01. The predicted molar refractivity (Wildman–Crippen MR) is 71.4 cm³/mol. The van der Waals surface area contributed by atoms with E-state index in [0.717, 1.165) is 5.75 Å². The third kappa shape index (κ3) is 2.70. The molecule has 0 atom stereocenters. The fraction of sp³-hybridized carbons (Fsp3) is 0.188. The molecule has 2 heteroatoms. The Morgan fingerprint density at radius 2 is 1.61 bits per heavy atom. The Hall–Kier alpha value is -2.27. The van der Waals surface area contributed by atoms with E-state index in [2.05, 4.69) is 38.1 Å². The maximum Gasteiger partial charge on any atom is 0.119 e. The lowest BCUT2D eigenvalue weighted by atomic mass is 10.0. The zero-order chi connectivity index (χ0) is 13.0. The summed E-state index contributed by atoms with van der Waals surface area (Å²) in [5.41, 5.74) is 4.35. The van der Waals surface area contributed by atoms with E-state index in [-0.39, 0.29) is 0 Å². The summed E-state index contributed by atoms with van der Waals surface area (Å²) in [6.07, 6.45) is 0. The van der Waals surface area contributed by atoms with E-state index in [9.17, 15) is 0 Å². The molecule has 0 bridgehead atoms. The molecule has 0 heterocycles. The van der Waals surface area contributed by atoms with E-state index >= 15 is 0 Å². The fourth-order valence-corrected chi connectivity index (χ4v) is 1.86. The standard InChI is InChI=1S/C16H15NO/c1-12-4-3-5-13(2)16(12)11-18-15-8-6-14(10-17)7-9-15/h3-9H,11H2,1-2H3. The molecule has 0 aliphatic rings. The first kappa shape index (κ1) is 12.2. The largest absolute Gasteiger partial charge is 0.489 e.